The van der Waals surface area contributed by atoms with Crippen LogP contribution in [0.15, 0.2) is 57.0 Å². The maximum Gasteiger partial charge on any atom is 0.511 e. The first kappa shape index (κ1) is 26.1. The van der Waals surface area contributed by atoms with Gasteiger partial charge in [-0.2, -0.15) is 13.2 Å². The molecule has 0 amide bonds. The lowest BCUT2D eigenvalue weighted by molar-refractivity contribution is -0.138. The van der Waals surface area contributed by atoms with Gasteiger partial charge in [0, 0.05) is 13.1 Å². The summed E-state index contributed by atoms with van der Waals surface area (Å²) in [6, 6.07) is 6.90. The van der Waals surface area contributed by atoms with E-state index >= 15 is 0 Å². The highest BCUT2D eigenvalue weighted by molar-refractivity contribution is 5.78. The number of carbonyl (C=O) groups is 1. The van der Waals surface area contributed by atoms with E-state index in [0.29, 0.717) is 11.0 Å². The molecular weight excluding hydrogens is 521 g/mol. The predicted molar refractivity (Wildman–Crippen MR) is 134 cm³/mol. The standard InChI is InChI=1S/C26H23F3N4O6/c1-13(2)32-20-11-14(7-9-19(20)30(3)23(32)35)31-12-21(39-25(37)38)22(34)33(24(31)36)18-10-8-15-16(18)5-4-6-17(15)26(27,28)29/h4-7,9,11-13,18H,8,10H2,1-3H3,(H,37,38)/t18-/m1/s1. The number of aryl methyl sites for hydroxylation is 1. The zero-order valence-electron chi connectivity index (χ0n) is 21.0. The summed E-state index contributed by atoms with van der Waals surface area (Å²) in [5.74, 6) is -0.697. The number of hydrogen-bond acceptors (Lipinski definition) is 5. The fraction of sp³-hybridized carbons (Fsp3) is 0.308. The van der Waals surface area contributed by atoms with Gasteiger partial charge in [-0.15, -0.1) is 0 Å². The molecule has 10 nitrogen and oxygen atoms in total. The van der Waals surface area contributed by atoms with E-state index in [1.807, 2.05) is 13.8 Å². The van der Waals surface area contributed by atoms with Crippen LogP contribution in [0.2, 0.25) is 0 Å². The molecule has 0 spiro atoms. The molecule has 0 unspecified atom stereocenters. The molecule has 2 aromatic heterocycles. The number of hydrogen-bond donors (Lipinski definition) is 1. The number of nitrogens with zero attached hydrogens (tertiary/aromatic N) is 4. The zero-order valence-corrected chi connectivity index (χ0v) is 21.0. The Morgan fingerprint density at radius 3 is 2.44 bits per heavy atom. The van der Waals surface area contributed by atoms with Crippen molar-refractivity contribution in [3.63, 3.8) is 0 Å². The Morgan fingerprint density at radius 2 is 1.79 bits per heavy atom. The monoisotopic (exact) mass is 544 g/mol. The molecule has 39 heavy (non-hydrogen) atoms. The lowest BCUT2D eigenvalue weighted by atomic mass is 10.0. The molecular formula is C26H23F3N4O6. The van der Waals surface area contributed by atoms with Crippen molar-refractivity contribution in [3.8, 4) is 11.4 Å². The van der Waals surface area contributed by atoms with Crippen molar-refractivity contribution in [1.82, 2.24) is 18.3 Å². The molecule has 1 atom stereocenters. The summed E-state index contributed by atoms with van der Waals surface area (Å²) < 4.78 is 50.2. The Hall–Kier alpha value is -4.55. The van der Waals surface area contributed by atoms with Crippen molar-refractivity contribution in [2.75, 3.05) is 0 Å². The normalized spacial score (nSPS) is 15.2. The van der Waals surface area contributed by atoms with Crippen LogP contribution in [0.3, 0.4) is 0 Å². The van der Waals surface area contributed by atoms with Crippen molar-refractivity contribution < 1.29 is 27.8 Å². The second-order valence-corrected chi connectivity index (χ2v) is 9.59. The number of ether oxygens (including phenoxy) is 1. The Morgan fingerprint density at radius 1 is 1.08 bits per heavy atom. The topological polar surface area (TPSA) is 117 Å². The molecule has 2 aromatic carbocycles. The van der Waals surface area contributed by atoms with Gasteiger partial charge in [0.15, 0.2) is 0 Å². The number of rotatable bonds is 4. The molecule has 1 aliphatic carbocycles. The lowest BCUT2D eigenvalue weighted by Crippen LogP contribution is -2.42. The summed E-state index contributed by atoms with van der Waals surface area (Å²) in [5, 5.41) is 9.21. The average molecular weight is 544 g/mol. The first-order chi connectivity index (χ1) is 18.3. The van der Waals surface area contributed by atoms with Gasteiger partial charge in [0.05, 0.1) is 34.5 Å². The van der Waals surface area contributed by atoms with Crippen LogP contribution in [0.25, 0.3) is 16.7 Å². The molecule has 204 valence electrons. The summed E-state index contributed by atoms with van der Waals surface area (Å²) in [7, 11) is 1.60. The summed E-state index contributed by atoms with van der Waals surface area (Å²) in [5.41, 5.74) is -1.75. The van der Waals surface area contributed by atoms with Crippen molar-refractivity contribution in [3.05, 3.63) is 90.6 Å². The molecule has 1 N–H and O–H groups in total. The van der Waals surface area contributed by atoms with Gasteiger partial charge < -0.3 is 9.84 Å². The van der Waals surface area contributed by atoms with Gasteiger partial charge in [-0.1, -0.05) is 12.1 Å². The molecule has 0 fully saturated rings. The maximum atomic E-state index is 13.8. The fourth-order valence-corrected chi connectivity index (χ4v) is 5.34. The van der Waals surface area contributed by atoms with Crippen molar-refractivity contribution in [2.24, 2.45) is 7.05 Å². The van der Waals surface area contributed by atoms with E-state index < -0.39 is 40.9 Å². The minimum atomic E-state index is -4.63. The quantitative estimate of drug-likeness (QED) is 0.390. The van der Waals surface area contributed by atoms with Crippen LogP contribution in [-0.2, 0) is 19.6 Å². The Kier molecular flexibility index (Phi) is 6.04. The summed E-state index contributed by atoms with van der Waals surface area (Å²) in [6.45, 7) is 3.62. The lowest BCUT2D eigenvalue weighted by Gasteiger charge is -2.19. The smallest absolute Gasteiger partial charge is 0.449 e. The molecule has 2 heterocycles. The van der Waals surface area contributed by atoms with Crippen molar-refractivity contribution >= 4 is 17.2 Å². The number of imidazole rings is 1. The van der Waals surface area contributed by atoms with Gasteiger partial charge in [0.25, 0.3) is 5.56 Å². The van der Waals surface area contributed by atoms with E-state index in [0.717, 1.165) is 21.4 Å². The van der Waals surface area contributed by atoms with Crippen LogP contribution in [0.5, 0.6) is 5.75 Å². The molecule has 0 aliphatic heterocycles. The van der Waals surface area contributed by atoms with Crippen molar-refractivity contribution in [2.45, 2.75) is 44.9 Å². The third-order valence-electron chi connectivity index (χ3n) is 7.01. The average Bonchev–Trinajstić information content (AvgIpc) is 3.38. The Bertz CT molecular complexity index is 1830. The molecule has 5 rings (SSSR count). The molecule has 0 saturated carbocycles. The third-order valence-corrected chi connectivity index (χ3v) is 7.01. The number of alkyl halides is 3. The maximum absolute atomic E-state index is 13.8. The van der Waals surface area contributed by atoms with Crippen LogP contribution in [0.1, 0.15) is 49.0 Å². The number of aromatic nitrogens is 4. The van der Waals surface area contributed by atoms with E-state index in [1.165, 1.54) is 27.3 Å². The molecule has 4 aromatic rings. The van der Waals surface area contributed by atoms with Gasteiger partial charge in [-0.3, -0.25) is 18.5 Å². The van der Waals surface area contributed by atoms with E-state index in [1.54, 1.807) is 19.2 Å². The van der Waals surface area contributed by atoms with E-state index in [4.69, 9.17) is 0 Å². The van der Waals surface area contributed by atoms with Crippen LogP contribution in [0.4, 0.5) is 18.0 Å². The number of fused-ring (bicyclic) bond motifs is 2. The number of benzene rings is 2. The summed E-state index contributed by atoms with van der Waals surface area (Å²) >= 11 is 0. The molecule has 1 aliphatic rings. The Balaban J connectivity index is 1.77. The predicted octanol–water partition coefficient (Wildman–Crippen LogP) is 3.84. The second-order valence-electron chi connectivity index (χ2n) is 9.59. The number of halogens is 3. The molecule has 0 saturated heterocycles. The minimum absolute atomic E-state index is 0.0126. The zero-order chi connectivity index (χ0) is 28.4. The molecule has 0 bridgehead atoms. The number of carboxylic acid groups (broad SMARTS) is 1. The fourth-order valence-electron chi connectivity index (χ4n) is 5.34. The van der Waals surface area contributed by atoms with Crippen LogP contribution in [-0.4, -0.2) is 29.5 Å². The van der Waals surface area contributed by atoms with Gasteiger partial charge in [0.2, 0.25) is 5.75 Å². The van der Waals surface area contributed by atoms with E-state index in [-0.39, 0.29) is 41.4 Å². The highest BCUT2D eigenvalue weighted by atomic mass is 19.4. The largest absolute Gasteiger partial charge is 0.511 e. The Labute approximate surface area is 217 Å². The molecule has 0 radical (unpaired) electrons. The second kappa shape index (κ2) is 9.03. The highest BCUT2D eigenvalue weighted by Crippen LogP contribution is 2.41. The van der Waals surface area contributed by atoms with Gasteiger partial charge in [0.1, 0.15) is 0 Å². The van der Waals surface area contributed by atoms with Crippen LogP contribution < -0.4 is 21.7 Å². The summed E-state index contributed by atoms with van der Waals surface area (Å²) in [4.78, 5) is 51.1. The third kappa shape index (κ3) is 4.14. The first-order valence-corrected chi connectivity index (χ1v) is 12.0. The van der Waals surface area contributed by atoms with Gasteiger partial charge >= 0.3 is 23.7 Å². The van der Waals surface area contributed by atoms with E-state index in [2.05, 4.69) is 4.74 Å². The summed E-state index contributed by atoms with van der Waals surface area (Å²) in [6.07, 6.45) is -5.53. The first-order valence-electron chi connectivity index (χ1n) is 12.0. The molecule has 13 heteroatoms. The highest BCUT2D eigenvalue weighted by Gasteiger charge is 2.38. The SMILES string of the molecule is CC(C)n1c(=O)n(C)c2ccc(-n3cc(OC(=O)O)c(=O)n([C@@H]4CCc5c4cccc5C(F)(F)F)c3=O)cc21. The van der Waals surface area contributed by atoms with Crippen LogP contribution >= 0.6 is 0 Å². The van der Waals surface area contributed by atoms with E-state index in [9.17, 15) is 37.5 Å². The minimum Gasteiger partial charge on any atom is -0.449 e. The van der Waals surface area contributed by atoms with Crippen molar-refractivity contribution in [1.29, 1.82) is 0 Å². The van der Waals surface area contributed by atoms with Gasteiger partial charge in [-0.05, 0) is 62.1 Å². The van der Waals surface area contributed by atoms with Gasteiger partial charge in [-0.25, -0.2) is 19.0 Å². The van der Waals surface area contributed by atoms with Crippen LogP contribution in [0, 0.1) is 0 Å².